The Balaban J connectivity index is 2.38. The maximum absolute atomic E-state index is 12.7. The molecule has 1 unspecified atom stereocenters. The molecule has 0 saturated carbocycles. The van der Waals surface area contributed by atoms with Gasteiger partial charge in [-0.3, -0.25) is 4.79 Å². The van der Waals surface area contributed by atoms with Gasteiger partial charge in [-0.15, -0.1) is 0 Å². The quantitative estimate of drug-likeness (QED) is 0.915. The van der Waals surface area contributed by atoms with Crippen molar-refractivity contribution in [1.82, 2.24) is 4.90 Å². The summed E-state index contributed by atoms with van der Waals surface area (Å²) in [6.45, 7) is 4.20. The van der Waals surface area contributed by atoms with Crippen LogP contribution < -0.4 is 5.32 Å². The largest absolute Gasteiger partial charge is 0.373 e. The Labute approximate surface area is 133 Å². The van der Waals surface area contributed by atoms with E-state index in [0.29, 0.717) is 0 Å². The van der Waals surface area contributed by atoms with Crippen LogP contribution >= 0.6 is 0 Å². The van der Waals surface area contributed by atoms with Crippen molar-refractivity contribution in [3.05, 3.63) is 66.2 Å². The first-order valence-corrected chi connectivity index (χ1v) is 7.51. The second-order valence-electron chi connectivity index (χ2n) is 6.26. The highest BCUT2D eigenvalue weighted by molar-refractivity contribution is 5.86. The molecule has 0 fully saturated rings. The molecule has 0 aliphatic rings. The van der Waals surface area contributed by atoms with E-state index in [1.807, 2.05) is 48.5 Å². The number of carbonyl (C=O) groups excluding carboxylic acids is 1. The zero-order valence-electron chi connectivity index (χ0n) is 13.7. The number of hydrogen-bond acceptors (Lipinski definition) is 2. The molecule has 0 aliphatic heterocycles. The van der Waals surface area contributed by atoms with Gasteiger partial charge >= 0.3 is 0 Å². The molecule has 0 aliphatic carbocycles. The topological polar surface area (TPSA) is 32.3 Å². The van der Waals surface area contributed by atoms with E-state index in [9.17, 15) is 4.79 Å². The van der Waals surface area contributed by atoms with Gasteiger partial charge in [-0.05, 0) is 17.7 Å². The van der Waals surface area contributed by atoms with Crippen LogP contribution in [-0.2, 0) is 10.2 Å². The second-order valence-corrected chi connectivity index (χ2v) is 6.26. The molecule has 2 rings (SSSR count). The van der Waals surface area contributed by atoms with E-state index < -0.39 is 0 Å². The minimum absolute atomic E-state index is 0.0673. The van der Waals surface area contributed by atoms with E-state index in [1.165, 1.54) is 0 Å². The van der Waals surface area contributed by atoms with E-state index in [-0.39, 0.29) is 17.4 Å². The number of nitrogens with one attached hydrogen (secondary N) is 1. The fraction of sp³-hybridized carbons (Fsp3) is 0.316. The van der Waals surface area contributed by atoms with Crippen LogP contribution in [0, 0.1) is 0 Å². The summed E-state index contributed by atoms with van der Waals surface area (Å²) < 4.78 is 0. The number of nitrogens with zero attached hydrogens (tertiary/aromatic N) is 1. The number of rotatable bonds is 5. The molecular weight excluding hydrogens is 272 g/mol. The number of para-hydroxylation sites is 1. The van der Waals surface area contributed by atoms with Crippen molar-refractivity contribution < 1.29 is 4.79 Å². The van der Waals surface area contributed by atoms with Crippen molar-refractivity contribution in [2.24, 2.45) is 0 Å². The van der Waals surface area contributed by atoms with Gasteiger partial charge in [0.1, 0.15) is 6.04 Å². The molecule has 3 heteroatoms. The van der Waals surface area contributed by atoms with Gasteiger partial charge in [-0.2, -0.15) is 0 Å². The van der Waals surface area contributed by atoms with Gasteiger partial charge < -0.3 is 10.2 Å². The standard InChI is InChI=1S/C19H24N2O/c1-19(2,15-11-7-5-8-12-15)17(18(22)21(3)4)20-16-13-9-6-10-14-16/h5-14,17,20H,1-4H3. The first-order chi connectivity index (χ1) is 10.4. The molecule has 1 atom stereocenters. The molecule has 0 aromatic heterocycles. The van der Waals surface area contributed by atoms with Crippen LogP contribution in [0.3, 0.4) is 0 Å². The predicted molar refractivity (Wildman–Crippen MR) is 92.0 cm³/mol. The smallest absolute Gasteiger partial charge is 0.245 e. The Hall–Kier alpha value is -2.29. The highest BCUT2D eigenvalue weighted by atomic mass is 16.2. The van der Waals surface area contributed by atoms with Gasteiger partial charge in [0.15, 0.2) is 0 Å². The summed E-state index contributed by atoms with van der Waals surface area (Å²) in [6, 6.07) is 19.7. The summed E-state index contributed by atoms with van der Waals surface area (Å²) in [4.78, 5) is 14.4. The molecule has 116 valence electrons. The Kier molecular flexibility index (Phi) is 4.86. The molecule has 1 N–H and O–H groups in total. The van der Waals surface area contributed by atoms with Crippen LogP contribution in [0.1, 0.15) is 19.4 Å². The molecular formula is C19H24N2O. The molecule has 1 amide bonds. The Morgan fingerprint density at radius 2 is 1.45 bits per heavy atom. The molecule has 0 bridgehead atoms. The summed E-state index contributed by atoms with van der Waals surface area (Å²) in [5.41, 5.74) is 1.75. The number of benzene rings is 2. The van der Waals surface area contributed by atoms with E-state index in [2.05, 4.69) is 31.3 Å². The van der Waals surface area contributed by atoms with Crippen LogP contribution in [0.4, 0.5) is 5.69 Å². The monoisotopic (exact) mass is 296 g/mol. The third-order valence-corrected chi connectivity index (χ3v) is 4.01. The van der Waals surface area contributed by atoms with Crippen LogP contribution in [0.15, 0.2) is 60.7 Å². The second kappa shape index (κ2) is 6.65. The van der Waals surface area contributed by atoms with Gasteiger partial charge in [0.2, 0.25) is 5.91 Å². The lowest BCUT2D eigenvalue weighted by Gasteiger charge is -2.36. The third-order valence-electron chi connectivity index (χ3n) is 4.01. The summed E-state index contributed by atoms with van der Waals surface area (Å²) in [6.07, 6.45) is 0. The maximum Gasteiger partial charge on any atom is 0.245 e. The van der Waals surface area contributed by atoms with Gasteiger partial charge in [0.25, 0.3) is 0 Å². The average molecular weight is 296 g/mol. The summed E-state index contributed by atoms with van der Waals surface area (Å²) in [5.74, 6) is 0.0673. The minimum atomic E-state index is -0.340. The van der Waals surface area contributed by atoms with E-state index in [4.69, 9.17) is 0 Å². The van der Waals surface area contributed by atoms with E-state index in [1.54, 1.807) is 19.0 Å². The van der Waals surface area contributed by atoms with E-state index >= 15 is 0 Å². The SMILES string of the molecule is CN(C)C(=O)C(Nc1ccccc1)C(C)(C)c1ccccc1. The molecule has 3 nitrogen and oxygen atoms in total. The molecule has 22 heavy (non-hydrogen) atoms. The fourth-order valence-electron chi connectivity index (χ4n) is 2.54. The van der Waals surface area contributed by atoms with Gasteiger partial charge in [0.05, 0.1) is 0 Å². The lowest BCUT2D eigenvalue weighted by atomic mass is 9.77. The molecule has 2 aromatic rings. The first kappa shape index (κ1) is 16.1. The number of amides is 1. The van der Waals surface area contributed by atoms with Crippen LogP contribution in [0.2, 0.25) is 0 Å². The number of carbonyl (C=O) groups is 1. The Morgan fingerprint density at radius 3 is 1.95 bits per heavy atom. The first-order valence-electron chi connectivity index (χ1n) is 7.51. The number of hydrogen-bond donors (Lipinski definition) is 1. The van der Waals surface area contributed by atoms with Crippen molar-refractivity contribution >= 4 is 11.6 Å². The fourth-order valence-corrected chi connectivity index (χ4v) is 2.54. The van der Waals surface area contributed by atoms with Gasteiger partial charge in [0, 0.05) is 25.2 Å². The summed E-state index contributed by atoms with van der Waals surface area (Å²) in [7, 11) is 3.59. The van der Waals surface area contributed by atoms with Gasteiger partial charge in [-0.25, -0.2) is 0 Å². The van der Waals surface area contributed by atoms with Crippen LogP contribution in [-0.4, -0.2) is 30.9 Å². The molecule has 0 spiro atoms. The van der Waals surface area contributed by atoms with Gasteiger partial charge in [-0.1, -0.05) is 62.4 Å². The van der Waals surface area contributed by atoms with Crippen LogP contribution in [0.5, 0.6) is 0 Å². The van der Waals surface area contributed by atoms with Crippen LogP contribution in [0.25, 0.3) is 0 Å². The molecule has 2 aromatic carbocycles. The Bertz CT molecular complexity index is 606. The Morgan fingerprint density at radius 1 is 0.955 bits per heavy atom. The average Bonchev–Trinajstić information content (AvgIpc) is 2.53. The number of likely N-dealkylation sites (N-methyl/N-ethyl adjacent to an activating group) is 1. The van der Waals surface area contributed by atoms with E-state index in [0.717, 1.165) is 11.3 Å². The lowest BCUT2D eigenvalue weighted by Crippen LogP contribution is -2.50. The summed E-state index contributed by atoms with van der Waals surface area (Å²) >= 11 is 0. The summed E-state index contributed by atoms with van der Waals surface area (Å²) in [5, 5.41) is 3.41. The predicted octanol–water partition coefficient (Wildman–Crippen LogP) is 3.53. The van der Waals surface area contributed by atoms with Crippen molar-refractivity contribution in [2.45, 2.75) is 25.3 Å². The zero-order chi connectivity index (χ0) is 16.2. The van der Waals surface area contributed by atoms with Crippen molar-refractivity contribution in [3.8, 4) is 0 Å². The zero-order valence-corrected chi connectivity index (χ0v) is 13.7. The third kappa shape index (κ3) is 3.48. The highest BCUT2D eigenvalue weighted by Crippen LogP contribution is 2.30. The number of anilines is 1. The lowest BCUT2D eigenvalue weighted by molar-refractivity contribution is -0.130. The molecule has 0 radical (unpaired) electrons. The van der Waals surface area contributed by atoms with Crippen molar-refractivity contribution in [3.63, 3.8) is 0 Å². The maximum atomic E-state index is 12.7. The van der Waals surface area contributed by atoms with Crippen molar-refractivity contribution in [1.29, 1.82) is 0 Å². The molecule has 0 heterocycles. The van der Waals surface area contributed by atoms with Crippen molar-refractivity contribution in [2.75, 3.05) is 19.4 Å². The molecule has 0 saturated heterocycles. The minimum Gasteiger partial charge on any atom is -0.373 e. The highest BCUT2D eigenvalue weighted by Gasteiger charge is 2.37. The normalized spacial score (nSPS) is 12.5.